The number of hydrogen-bond acceptors (Lipinski definition) is 5. The highest BCUT2D eigenvalue weighted by Crippen LogP contribution is 2.10. The van der Waals surface area contributed by atoms with Crippen LogP contribution in [0.3, 0.4) is 0 Å². The number of nitrogens with one attached hydrogen (secondary N) is 2. The third-order valence-electron chi connectivity index (χ3n) is 2.05. The summed E-state index contributed by atoms with van der Waals surface area (Å²) in [6, 6.07) is 5.41. The molecule has 0 spiro atoms. The van der Waals surface area contributed by atoms with Crippen LogP contribution in [0.4, 0.5) is 11.6 Å². The lowest BCUT2D eigenvalue weighted by atomic mass is 10.3. The smallest absolute Gasteiger partial charge is 0.149 e. The van der Waals surface area contributed by atoms with Gasteiger partial charge in [-0.15, -0.1) is 0 Å². The van der Waals surface area contributed by atoms with Gasteiger partial charge >= 0.3 is 0 Å². The van der Waals surface area contributed by atoms with Crippen molar-refractivity contribution in [1.82, 2.24) is 4.98 Å². The van der Waals surface area contributed by atoms with Gasteiger partial charge in [0, 0.05) is 18.8 Å². The Morgan fingerprint density at radius 3 is 2.59 bits per heavy atom. The van der Waals surface area contributed by atoms with Crippen molar-refractivity contribution in [3.8, 4) is 0 Å². The number of hydrogen-bond donors (Lipinski definition) is 2. The van der Waals surface area contributed by atoms with E-state index in [2.05, 4.69) is 15.6 Å². The third kappa shape index (κ3) is 5.53. The van der Waals surface area contributed by atoms with E-state index in [1.54, 1.807) is 0 Å². The molecule has 0 fully saturated rings. The normalized spacial score (nSPS) is 13.1. The van der Waals surface area contributed by atoms with Crippen LogP contribution in [-0.2, 0) is 9.84 Å². The first-order valence-corrected chi connectivity index (χ1v) is 7.62. The molecule has 0 bridgehead atoms. The Morgan fingerprint density at radius 2 is 2.00 bits per heavy atom. The molecular weight excluding hydrogens is 238 g/mol. The molecule has 0 aliphatic heterocycles. The molecule has 1 unspecified atom stereocenters. The SMILES string of the molecule is CCNc1cccc(NC(C)CS(C)(=O)=O)n1. The third-order valence-corrected chi connectivity index (χ3v) is 3.16. The van der Waals surface area contributed by atoms with Gasteiger partial charge in [0.05, 0.1) is 5.75 Å². The monoisotopic (exact) mass is 257 g/mol. The first-order chi connectivity index (χ1) is 7.90. The largest absolute Gasteiger partial charge is 0.370 e. The number of nitrogens with zero attached hydrogens (tertiary/aromatic N) is 1. The van der Waals surface area contributed by atoms with Crippen molar-refractivity contribution in [2.24, 2.45) is 0 Å². The Kier molecular flexibility index (Phi) is 4.74. The van der Waals surface area contributed by atoms with Crippen molar-refractivity contribution in [3.63, 3.8) is 0 Å². The van der Waals surface area contributed by atoms with E-state index in [1.807, 2.05) is 32.0 Å². The highest BCUT2D eigenvalue weighted by Gasteiger charge is 2.10. The minimum absolute atomic E-state index is 0.0973. The molecule has 0 radical (unpaired) electrons. The molecule has 0 aliphatic rings. The molecule has 1 atom stereocenters. The summed E-state index contributed by atoms with van der Waals surface area (Å²) in [4.78, 5) is 4.32. The number of aromatic nitrogens is 1. The zero-order chi connectivity index (χ0) is 12.9. The second kappa shape index (κ2) is 5.86. The van der Waals surface area contributed by atoms with Gasteiger partial charge < -0.3 is 10.6 Å². The van der Waals surface area contributed by atoms with Crippen molar-refractivity contribution in [3.05, 3.63) is 18.2 Å². The second-order valence-corrected chi connectivity index (χ2v) is 6.26. The summed E-state index contributed by atoms with van der Waals surface area (Å²) in [6.07, 6.45) is 1.23. The van der Waals surface area contributed by atoms with E-state index in [9.17, 15) is 8.42 Å². The molecule has 17 heavy (non-hydrogen) atoms. The van der Waals surface area contributed by atoms with E-state index in [-0.39, 0.29) is 11.8 Å². The standard InChI is InChI=1S/C11H19N3O2S/c1-4-12-10-6-5-7-11(14-10)13-9(2)8-17(3,15)16/h5-7,9H,4,8H2,1-3H3,(H2,12,13,14). The summed E-state index contributed by atoms with van der Waals surface area (Å²) >= 11 is 0. The molecule has 0 aliphatic carbocycles. The van der Waals surface area contributed by atoms with Crippen LogP contribution in [0.2, 0.25) is 0 Å². The van der Waals surface area contributed by atoms with Crippen LogP contribution in [0.15, 0.2) is 18.2 Å². The predicted octanol–water partition coefficient (Wildman–Crippen LogP) is 1.36. The quantitative estimate of drug-likeness (QED) is 0.805. The lowest BCUT2D eigenvalue weighted by Crippen LogP contribution is -2.25. The molecule has 0 saturated heterocycles. The van der Waals surface area contributed by atoms with Crippen LogP contribution < -0.4 is 10.6 Å². The molecule has 0 amide bonds. The van der Waals surface area contributed by atoms with Crippen molar-refractivity contribution in [2.45, 2.75) is 19.9 Å². The molecule has 5 nitrogen and oxygen atoms in total. The van der Waals surface area contributed by atoms with Crippen molar-refractivity contribution in [1.29, 1.82) is 0 Å². The van der Waals surface area contributed by atoms with Crippen molar-refractivity contribution in [2.75, 3.05) is 29.2 Å². The van der Waals surface area contributed by atoms with Crippen molar-refractivity contribution < 1.29 is 8.42 Å². The summed E-state index contributed by atoms with van der Waals surface area (Å²) in [5.41, 5.74) is 0. The number of sulfone groups is 1. The van der Waals surface area contributed by atoms with E-state index in [0.29, 0.717) is 5.82 Å². The minimum atomic E-state index is -2.97. The summed E-state index contributed by atoms with van der Waals surface area (Å²) < 4.78 is 22.3. The van der Waals surface area contributed by atoms with E-state index >= 15 is 0 Å². The maximum Gasteiger partial charge on any atom is 0.149 e. The highest BCUT2D eigenvalue weighted by molar-refractivity contribution is 7.90. The molecule has 1 rings (SSSR count). The van der Waals surface area contributed by atoms with Gasteiger partial charge in [-0.25, -0.2) is 13.4 Å². The summed E-state index contributed by atoms with van der Waals surface area (Å²) in [6.45, 7) is 4.62. The van der Waals surface area contributed by atoms with E-state index < -0.39 is 9.84 Å². The molecule has 0 aromatic carbocycles. The van der Waals surface area contributed by atoms with E-state index in [4.69, 9.17) is 0 Å². The first-order valence-electron chi connectivity index (χ1n) is 5.56. The molecule has 1 aromatic rings. The molecule has 0 saturated carbocycles. The van der Waals surface area contributed by atoms with Gasteiger partial charge in [0.2, 0.25) is 0 Å². The fraction of sp³-hybridized carbons (Fsp3) is 0.545. The van der Waals surface area contributed by atoms with Gasteiger partial charge in [-0.05, 0) is 26.0 Å². The molecule has 1 aromatic heterocycles. The highest BCUT2D eigenvalue weighted by atomic mass is 32.2. The van der Waals surface area contributed by atoms with Gasteiger partial charge in [0.1, 0.15) is 21.5 Å². The summed E-state index contributed by atoms with van der Waals surface area (Å²) in [5.74, 6) is 1.56. The topological polar surface area (TPSA) is 71.1 Å². The first kappa shape index (κ1) is 13.8. The Hall–Kier alpha value is -1.30. The fourth-order valence-corrected chi connectivity index (χ4v) is 2.53. The minimum Gasteiger partial charge on any atom is -0.370 e. The lowest BCUT2D eigenvalue weighted by Gasteiger charge is -2.14. The van der Waals surface area contributed by atoms with Gasteiger partial charge in [0.15, 0.2) is 0 Å². The van der Waals surface area contributed by atoms with Gasteiger partial charge in [-0.3, -0.25) is 0 Å². The van der Waals surface area contributed by atoms with E-state index in [0.717, 1.165) is 12.4 Å². The van der Waals surface area contributed by atoms with Crippen LogP contribution in [0.1, 0.15) is 13.8 Å². The summed E-state index contributed by atoms with van der Waals surface area (Å²) in [7, 11) is -2.97. The fourth-order valence-electron chi connectivity index (χ4n) is 1.54. The molecular formula is C11H19N3O2S. The van der Waals surface area contributed by atoms with Gasteiger partial charge in [-0.2, -0.15) is 0 Å². The predicted molar refractivity (Wildman–Crippen MR) is 71.2 cm³/mol. The van der Waals surface area contributed by atoms with Crippen LogP contribution in [0.25, 0.3) is 0 Å². The summed E-state index contributed by atoms with van der Waals surface area (Å²) in [5, 5.41) is 6.17. The van der Waals surface area contributed by atoms with Crippen molar-refractivity contribution >= 4 is 21.5 Å². The average Bonchev–Trinajstić information content (AvgIpc) is 2.15. The Balaban J connectivity index is 2.65. The van der Waals surface area contributed by atoms with Gasteiger partial charge in [-0.1, -0.05) is 6.07 Å². The number of anilines is 2. The average molecular weight is 257 g/mol. The lowest BCUT2D eigenvalue weighted by molar-refractivity contribution is 0.598. The zero-order valence-electron chi connectivity index (χ0n) is 10.4. The number of pyridine rings is 1. The Morgan fingerprint density at radius 1 is 1.35 bits per heavy atom. The molecule has 96 valence electrons. The second-order valence-electron chi connectivity index (χ2n) is 4.08. The molecule has 1 heterocycles. The maximum atomic E-state index is 11.1. The van der Waals surface area contributed by atoms with Crippen LogP contribution in [-0.4, -0.2) is 38.0 Å². The van der Waals surface area contributed by atoms with Crippen LogP contribution in [0, 0.1) is 0 Å². The Bertz CT molecular complexity index is 460. The molecule has 2 N–H and O–H groups in total. The zero-order valence-corrected chi connectivity index (χ0v) is 11.2. The number of rotatable bonds is 6. The maximum absolute atomic E-state index is 11.1. The van der Waals surface area contributed by atoms with E-state index in [1.165, 1.54) is 6.26 Å². The van der Waals surface area contributed by atoms with Gasteiger partial charge in [0.25, 0.3) is 0 Å². The molecule has 6 heteroatoms. The van der Waals surface area contributed by atoms with Crippen LogP contribution >= 0.6 is 0 Å². The Labute approximate surface area is 103 Å². The van der Waals surface area contributed by atoms with Crippen LogP contribution in [0.5, 0.6) is 0 Å².